The molecule has 0 spiro atoms. The van der Waals surface area contributed by atoms with Gasteiger partial charge in [-0.15, -0.1) is 11.3 Å². The van der Waals surface area contributed by atoms with Crippen LogP contribution in [0.4, 0.5) is 0 Å². The number of carbonyl (C=O) groups is 3. The van der Waals surface area contributed by atoms with Crippen molar-refractivity contribution in [2.24, 2.45) is 0 Å². The first-order chi connectivity index (χ1) is 20.0. The number of hydrogen-bond donors (Lipinski definition) is 1. The van der Waals surface area contributed by atoms with E-state index in [0.29, 0.717) is 16.3 Å². The number of ether oxygens (including phenoxy) is 1. The topological polar surface area (TPSA) is 118 Å². The summed E-state index contributed by atoms with van der Waals surface area (Å²) in [5, 5.41) is 17.6. The highest BCUT2D eigenvalue weighted by Gasteiger charge is 2.67. The van der Waals surface area contributed by atoms with Gasteiger partial charge in [0.25, 0.3) is 5.91 Å². The highest BCUT2D eigenvalue weighted by atomic mass is 32.1. The average Bonchev–Trinajstić information content (AvgIpc) is 3.73. The van der Waals surface area contributed by atoms with E-state index < -0.39 is 35.4 Å². The van der Waals surface area contributed by atoms with Gasteiger partial charge in [-0.1, -0.05) is 57.2 Å². The zero-order chi connectivity index (χ0) is 30.2. The molecule has 1 saturated heterocycles. The molecule has 3 unspecified atom stereocenters. The van der Waals surface area contributed by atoms with Gasteiger partial charge in [-0.3, -0.25) is 24.1 Å². The average molecular weight is 588 g/mol. The molecule has 0 aliphatic carbocycles. The number of aliphatic carboxylic acids is 1. The van der Waals surface area contributed by atoms with Crippen molar-refractivity contribution in [1.29, 1.82) is 0 Å². The molecule has 1 aliphatic heterocycles. The number of benzene rings is 2. The summed E-state index contributed by atoms with van der Waals surface area (Å²) in [6.07, 6.45) is 3.80. The van der Waals surface area contributed by atoms with E-state index in [1.807, 2.05) is 26.8 Å². The molecular weight excluding hydrogens is 554 g/mol. The van der Waals surface area contributed by atoms with Crippen LogP contribution in [0.5, 0.6) is 5.75 Å². The minimum absolute atomic E-state index is 0.230. The number of amides is 1. The van der Waals surface area contributed by atoms with Crippen LogP contribution < -0.4 is 4.74 Å². The van der Waals surface area contributed by atoms with Gasteiger partial charge in [0.1, 0.15) is 23.0 Å². The molecule has 1 fully saturated rings. The number of ketones is 1. The van der Waals surface area contributed by atoms with E-state index in [9.17, 15) is 19.5 Å². The summed E-state index contributed by atoms with van der Waals surface area (Å²) in [5.74, 6) is -1.81. The van der Waals surface area contributed by atoms with Gasteiger partial charge in [0.05, 0.1) is 13.7 Å². The van der Waals surface area contributed by atoms with E-state index in [1.54, 1.807) is 78.3 Å². The third-order valence-corrected chi connectivity index (χ3v) is 8.52. The first kappa shape index (κ1) is 29.2. The third kappa shape index (κ3) is 4.88. The number of thiazole rings is 1. The van der Waals surface area contributed by atoms with E-state index in [-0.39, 0.29) is 17.5 Å². The van der Waals surface area contributed by atoms with Crippen LogP contribution in [-0.2, 0) is 16.8 Å². The molecule has 11 heteroatoms. The lowest BCUT2D eigenvalue weighted by atomic mass is 9.83. The highest BCUT2D eigenvalue weighted by Crippen LogP contribution is 2.47. The molecule has 2 aromatic heterocycles. The van der Waals surface area contributed by atoms with E-state index >= 15 is 0 Å². The quantitative estimate of drug-likeness (QED) is 0.299. The summed E-state index contributed by atoms with van der Waals surface area (Å²) in [5.41, 5.74) is -0.855. The van der Waals surface area contributed by atoms with Crippen molar-refractivity contribution >= 4 is 29.0 Å². The maximum absolute atomic E-state index is 14.7. The Bertz CT molecular complexity index is 1580. The normalized spacial score (nSPS) is 20.9. The molecule has 1 N–H and O–H groups in total. The number of rotatable bonds is 8. The van der Waals surface area contributed by atoms with Crippen LogP contribution in [0.2, 0.25) is 0 Å². The van der Waals surface area contributed by atoms with Crippen molar-refractivity contribution < 1.29 is 24.2 Å². The van der Waals surface area contributed by atoms with Crippen LogP contribution in [0.25, 0.3) is 0 Å². The van der Waals surface area contributed by atoms with E-state index in [1.165, 1.54) is 34.2 Å². The van der Waals surface area contributed by atoms with Crippen LogP contribution in [-0.4, -0.2) is 73.1 Å². The Balaban J connectivity index is 1.76. The van der Waals surface area contributed by atoms with Gasteiger partial charge in [0.15, 0.2) is 11.3 Å². The Morgan fingerprint density at radius 1 is 1.05 bits per heavy atom. The van der Waals surface area contributed by atoms with Crippen molar-refractivity contribution in [2.75, 3.05) is 14.2 Å². The van der Waals surface area contributed by atoms with E-state index in [0.717, 1.165) is 5.56 Å². The Kier molecular flexibility index (Phi) is 7.74. The fourth-order valence-corrected chi connectivity index (χ4v) is 6.56. The smallest absolute Gasteiger partial charge is 0.333 e. The van der Waals surface area contributed by atoms with Gasteiger partial charge in [0.2, 0.25) is 0 Å². The molecule has 4 aromatic rings. The van der Waals surface area contributed by atoms with Crippen LogP contribution in [0.3, 0.4) is 0 Å². The van der Waals surface area contributed by atoms with Gasteiger partial charge in [0, 0.05) is 35.1 Å². The van der Waals surface area contributed by atoms with Crippen molar-refractivity contribution in [1.82, 2.24) is 24.6 Å². The van der Waals surface area contributed by atoms with Crippen LogP contribution in [0.1, 0.15) is 58.2 Å². The van der Waals surface area contributed by atoms with Gasteiger partial charge in [-0.25, -0.2) is 9.78 Å². The predicted molar refractivity (Wildman–Crippen MR) is 158 cm³/mol. The molecule has 1 aliphatic rings. The number of carboxylic acids is 1. The Hall–Kier alpha value is -4.35. The van der Waals surface area contributed by atoms with Gasteiger partial charge < -0.3 is 9.84 Å². The summed E-state index contributed by atoms with van der Waals surface area (Å²) in [6, 6.07) is 14.1. The first-order valence-electron chi connectivity index (χ1n) is 13.4. The van der Waals surface area contributed by atoms with Gasteiger partial charge in [-0.2, -0.15) is 5.10 Å². The zero-order valence-corrected chi connectivity index (χ0v) is 24.9. The molecule has 218 valence electrons. The van der Waals surface area contributed by atoms with Crippen molar-refractivity contribution in [2.45, 2.75) is 50.5 Å². The molecule has 2 aromatic carbocycles. The molecule has 0 saturated carbocycles. The molecule has 1 amide bonds. The Morgan fingerprint density at radius 3 is 2.36 bits per heavy atom. The maximum Gasteiger partial charge on any atom is 0.333 e. The number of carboxylic acid groups (broad SMARTS) is 1. The van der Waals surface area contributed by atoms with Gasteiger partial charge in [-0.05, 0) is 36.2 Å². The van der Waals surface area contributed by atoms with Crippen molar-refractivity contribution in [3.63, 3.8) is 0 Å². The second kappa shape index (κ2) is 11.1. The minimum Gasteiger partial charge on any atom is -0.496 e. The second-order valence-corrected chi connectivity index (χ2v) is 12.2. The molecule has 3 atom stereocenters. The lowest BCUT2D eigenvalue weighted by Gasteiger charge is -2.38. The summed E-state index contributed by atoms with van der Waals surface area (Å²) < 4.78 is 7.12. The second-order valence-electron chi connectivity index (χ2n) is 11.3. The van der Waals surface area contributed by atoms with Crippen molar-refractivity contribution in [3.8, 4) is 5.75 Å². The largest absolute Gasteiger partial charge is 0.496 e. The lowest BCUT2D eigenvalue weighted by molar-refractivity contribution is -0.150. The van der Waals surface area contributed by atoms with Crippen LogP contribution in [0, 0.1) is 0 Å². The lowest BCUT2D eigenvalue weighted by Crippen LogP contribution is -2.64. The molecule has 0 radical (unpaired) electrons. The number of likely N-dealkylation sites (N-methyl/N-ethyl adjacent to an activating group) is 1. The van der Waals surface area contributed by atoms with Crippen LogP contribution >= 0.6 is 11.3 Å². The summed E-state index contributed by atoms with van der Waals surface area (Å²) in [6.45, 7) is 5.85. The molecule has 5 rings (SSSR count). The van der Waals surface area contributed by atoms with E-state index in [2.05, 4.69) is 10.1 Å². The molecule has 10 nitrogen and oxygen atoms in total. The highest BCUT2D eigenvalue weighted by molar-refractivity contribution is 7.09. The molecular formula is C31H33N5O5S. The van der Waals surface area contributed by atoms with Crippen molar-refractivity contribution in [3.05, 3.63) is 100 Å². The standard InChI is InChI=1S/C31H33N5O5S/c1-30(2,3)22-13-12-21(18-23(22)41-5)28(38)36-27(26-32-15-17-42-26)34(4)25(24(37)20-10-7-6-8-11-20)31(36,29(39)40)19-35-16-9-14-33-35/h6-18,25,27H,19H2,1-5H3,(H,39,40). The zero-order valence-electron chi connectivity index (χ0n) is 24.1. The fourth-order valence-electron chi connectivity index (χ4n) is 5.79. The van der Waals surface area contributed by atoms with E-state index in [4.69, 9.17) is 4.74 Å². The number of methoxy groups -OCH3 is 1. The maximum atomic E-state index is 14.7. The molecule has 3 heterocycles. The number of carbonyl (C=O) groups excluding carboxylic acids is 2. The Morgan fingerprint density at radius 2 is 1.79 bits per heavy atom. The Labute approximate surface area is 248 Å². The molecule has 42 heavy (non-hydrogen) atoms. The minimum atomic E-state index is -2.06. The third-order valence-electron chi connectivity index (χ3n) is 7.71. The number of Topliss-reactive ketones (excluding diaryl/α,β-unsaturated/α-hetero) is 1. The first-order valence-corrected chi connectivity index (χ1v) is 14.3. The van der Waals surface area contributed by atoms with Crippen LogP contribution in [0.15, 0.2) is 78.6 Å². The number of hydrogen-bond acceptors (Lipinski definition) is 8. The summed E-state index contributed by atoms with van der Waals surface area (Å²) in [4.78, 5) is 50.0. The van der Waals surface area contributed by atoms with Gasteiger partial charge >= 0.3 is 5.97 Å². The monoisotopic (exact) mass is 587 g/mol. The summed E-state index contributed by atoms with van der Waals surface area (Å²) in [7, 11) is 3.20. The molecule has 0 bridgehead atoms. The summed E-state index contributed by atoms with van der Waals surface area (Å²) >= 11 is 1.29. The number of aromatic nitrogens is 3. The fraction of sp³-hybridized carbons (Fsp3) is 0.323. The number of nitrogens with zero attached hydrogens (tertiary/aromatic N) is 5. The SMILES string of the molecule is COc1cc(C(=O)N2C(c3nccs3)N(C)C(C(=O)c3ccccc3)C2(Cn2cccn2)C(=O)O)ccc1C(C)(C)C. The predicted octanol–water partition coefficient (Wildman–Crippen LogP) is 4.51.